The van der Waals surface area contributed by atoms with E-state index in [1.807, 2.05) is 27.7 Å². The molecule has 1 saturated carbocycles. The topological polar surface area (TPSA) is 57.4 Å². The summed E-state index contributed by atoms with van der Waals surface area (Å²) in [5.41, 5.74) is -0.509. The highest BCUT2D eigenvalue weighted by molar-refractivity contribution is 6.53. The minimum absolute atomic E-state index is 0.265. The molecule has 0 spiro atoms. The molecule has 1 saturated heterocycles. The third kappa shape index (κ3) is 2.72. The summed E-state index contributed by atoms with van der Waals surface area (Å²) >= 11 is 0. The summed E-state index contributed by atoms with van der Waals surface area (Å²) in [4.78, 5) is 4.18. The summed E-state index contributed by atoms with van der Waals surface area (Å²) in [6.07, 6.45) is 2.12. The second-order valence-corrected chi connectivity index (χ2v) is 7.25. The van der Waals surface area contributed by atoms with Crippen molar-refractivity contribution < 1.29 is 18.2 Å². The first-order chi connectivity index (χ1) is 10.2. The van der Waals surface area contributed by atoms with Crippen LogP contribution in [0.25, 0.3) is 0 Å². The van der Waals surface area contributed by atoms with E-state index < -0.39 is 18.3 Å². The van der Waals surface area contributed by atoms with E-state index in [2.05, 4.69) is 10.1 Å². The molecule has 3 rings (SSSR count). The van der Waals surface area contributed by atoms with Crippen LogP contribution in [-0.2, 0) is 15.7 Å². The van der Waals surface area contributed by atoms with Crippen molar-refractivity contribution in [3.63, 3.8) is 0 Å². The first kappa shape index (κ1) is 15.7. The van der Waals surface area contributed by atoms with Crippen molar-refractivity contribution in [2.45, 2.75) is 65.1 Å². The summed E-state index contributed by atoms with van der Waals surface area (Å²) in [5.74, 6) is 1.62. The van der Waals surface area contributed by atoms with Crippen molar-refractivity contribution in [1.29, 1.82) is 0 Å². The molecule has 2 aliphatic rings. The third-order valence-electron chi connectivity index (χ3n) is 4.91. The maximum absolute atomic E-state index is 14.5. The minimum atomic E-state index is -0.881. The maximum atomic E-state index is 14.5. The molecule has 5 nitrogen and oxygen atoms in total. The molecule has 0 radical (unpaired) electrons. The fourth-order valence-corrected chi connectivity index (χ4v) is 2.77. The summed E-state index contributed by atoms with van der Waals surface area (Å²) in [6, 6.07) is 0. The van der Waals surface area contributed by atoms with E-state index in [0.29, 0.717) is 30.5 Å². The molecule has 0 aromatic carbocycles. The predicted molar refractivity (Wildman–Crippen MR) is 79.7 cm³/mol. The number of aromatic nitrogens is 2. The quantitative estimate of drug-likeness (QED) is 0.803. The Balaban J connectivity index is 1.60. The summed E-state index contributed by atoms with van der Waals surface area (Å²) in [5, 5.41) is 3.88. The molecule has 2 heterocycles. The number of halogens is 1. The highest BCUT2D eigenvalue weighted by atomic mass is 19.1. The second kappa shape index (κ2) is 5.16. The van der Waals surface area contributed by atoms with Gasteiger partial charge in [0.15, 0.2) is 5.82 Å². The van der Waals surface area contributed by atoms with Gasteiger partial charge in [0, 0.05) is 13.3 Å². The Morgan fingerprint density at radius 1 is 1.23 bits per heavy atom. The van der Waals surface area contributed by atoms with Crippen molar-refractivity contribution in [2.24, 2.45) is 5.92 Å². The lowest BCUT2D eigenvalue weighted by Crippen LogP contribution is -2.41. The van der Waals surface area contributed by atoms with E-state index in [9.17, 15) is 4.39 Å². The molecule has 120 valence electrons. The van der Waals surface area contributed by atoms with E-state index in [1.165, 1.54) is 0 Å². The van der Waals surface area contributed by atoms with Crippen LogP contribution in [-0.4, -0.2) is 28.5 Å². The SMILES string of the molecule is Cc1nc(CC2CC(=C(F)B3OC(C)(C)C(C)(C)O3)C2)no1. The van der Waals surface area contributed by atoms with Crippen LogP contribution in [0, 0.1) is 12.8 Å². The number of allylic oxidation sites excluding steroid dienone is 1. The van der Waals surface area contributed by atoms with Crippen molar-refractivity contribution in [3.8, 4) is 0 Å². The summed E-state index contributed by atoms with van der Waals surface area (Å²) < 4.78 is 31.0. The van der Waals surface area contributed by atoms with Crippen molar-refractivity contribution in [3.05, 3.63) is 23.0 Å². The first-order valence-corrected chi connectivity index (χ1v) is 7.70. The maximum Gasteiger partial charge on any atom is 0.525 e. The van der Waals surface area contributed by atoms with Gasteiger partial charge in [-0.3, -0.25) is 0 Å². The van der Waals surface area contributed by atoms with Gasteiger partial charge in [-0.05, 0) is 52.0 Å². The van der Waals surface area contributed by atoms with Crippen LogP contribution in [0.15, 0.2) is 15.8 Å². The average Bonchev–Trinajstić information content (AvgIpc) is 2.85. The number of nitrogens with zero attached hydrogens (tertiary/aromatic N) is 2. The predicted octanol–water partition coefficient (Wildman–Crippen LogP) is 3.19. The van der Waals surface area contributed by atoms with Gasteiger partial charge in [-0.2, -0.15) is 4.98 Å². The molecule has 0 bridgehead atoms. The fraction of sp³-hybridized carbons (Fsp3) is 0.733. The van der Waals surface area contributed by atoms with Gasteiger partial charge in [0.25, 0.3) is 0 Å². The summed E-state index contributed by atoms with van der Waals surface area (Å²) in [7, 11) is -0.881. The van der Waals surface area contributed by atoms with Gasteiger partial charge in [-0.1, -0.05) is 5.16 Å². The van der Waals surface area contributed by atoms with Crippen LogP contribution >= 0.6 is 0 Å². The second-order valence-electron chi connectivity index (χ2n) is 7.25. The molecule has 0 atom stereocenters. The van der Waals surface area contributed by atoms with Gasteiger partial charge in [0.1, 0.15) is 5.73 Å². The number of aryl methyl sites for hydroxylation is 1. The van der Waals surface area contributed by atoms with Gasteiger partial charge in [-0.15, -0.1) is 0 Å². The van der Waals surface area contributed by atoms with E-state index in [1.54, 1.807) is 6.92 Å². The van der Waals surface area contributed by atoms with E-state index >= 15 is 0 Å². The van der Waals surface area contributed by atoms with Gasteiger partial charge in [-0.25, -0.2) is 4.39 Å². The van der Waals surface area contributed by atoms with Crippen LogP contribution in [0.3, 0.4) is 0 Å². The lowest BCUT2D eigenvalue weighted by molar-refractivity contribution is 0.00578. The zero-order valence-corrected chi connectivity index (χ0v) is 13.8. The van der Waals surface area contributed by atoms with E-state index in [4.69, 9.17) is 13.8 Å². The van der Waals surface area contributed by atoms with E-state index in [-0.39, 0.29) is 5.73 Å². The Hall–Kier alpha value is -1.21. The van der Waals surface area contributed by atoms with Crippen molar-refractivity contribution >= 4 is 7.12 Å². The molecule has 2 fully saturated rings. The number of rotatable bonds is 3. The molecule has 1 aromatic rings. The standard InChI is InChI=1S/C15H22BFN2O3/c1-9-18-12(19-20-9)8-10-6-11(7-10)13(17)16-21-14(2,3)15(4,5)22-16/h10H,6-8H2,1-5H3. The van der Waals surface area contributed by atoms with Crippen molar-refractivity contribution in [1.82, 2.24) is 10.1 Å². The number of hydrogen-bond acceptors (Lipinski definition) is 5. The molecule has 0 unspecified atom stereocenters. The molecule has 1 aromatic heterocycles. The molecule has 7 heteroatoms. The van der Waals surface area contributed by atoms with Crippen molar-refractivity contribution in [2.75, 3.05) is 0 Å². The molecule has 0 N–H and O–H groups in total. The van der Waals surface area contributed by atoms with Gasteiger partial charge >= 0.3 is 7.12 Å². The van der Waals surface area contributed by atoms with Crippen LogP contribution in [0.4, 0.5) is 4.39 Å². The lowest BCUT2D eigenvalue weighted by Gasteiger charge is -2.32. The van der Waals surface area contributed by atoms with Crippen LogP contribution in [0.1, 0.15) is 52.3 Å². The number of hydrogen-bond donors (Lipinski definition) is 0. The minimum Gasteiger partial charge on any atom is -0.398 e. The van der Waals surface area contributed by atoms with Gasteiger partial charge in [0.2, 0.25) is 5.89 Å². The molecular formula is C15H22BFN2O3. The Morgan fingerprint density at radius 2 is 1.82 bits per heavy atom. The van der Waals surface area contributed by atoms with Gasteiger partial charge in [0.05, 0.1) is 11.2 Å². The fourth-order valence-electron chi connectivity index (χ4n) is 2.77. The van der Waals surface area contributed by atoms with Crippen LogP contribution in [0.5, 0.6) is 0 Å². The smallest absolute Gasteiger partial charge is 0.398 e. The lowest BCUT2D eigenvalue weighted by atomic mass is 9.71. The highest BCUT2D eigenvalue weighted by Crippen LogP contribution is 2.43. The average molecular weight is 308 g/mol. The molecule has 1 aliphatic carbocycles. The van der Waals surface area contributed by atoms with Crippen LogP contribution < -0.4 is 0 Å². The van der Waals surface area contributed by atoms with E-state index in [0.717, 1.165) is 12.0 Å². The largest absolute Gasteiger partial charge is 0.525 e. The third-order valence-corrected chi connectivity index (χ3v) is 4.91. The molecule has 1 aliphatic heterocycles. The Kier molecular flexibility index (Phi) is 3.68. The summed E-state index contributed by atoms with van der Waals surface area (Å²) in [6.45, 7) is 9.46. The first-order valence-electron chi connectivity index (χ1n) is 7.70. The molecule has 22 heavy (non-hydrogen) atoms. The Labute approximate surface area is 130 Å². The highest BCUT2D eigenvalue weighted by Gasteiger charge is 2.54. The Bertz CT molecular complexity index is 588. The van der Waals surface area contributed by atoms with Gasteiger partial charge < -0.3 is 13.8 Å². The zero-order valence-electron chi connectivity index (χ0n) is 13.8. The normalized spacial score (nSPS) is 26.2. The van der Waals surface area contributed by atoms with Crippen LogP contribution in [0.2, 0.25) is 0 Å². The molecular weight excluding hydrogens is 286 g/mol. The monoisotopic (exact) mass is 308 g/mol. The zero-order chi connectivity index (χ0) is 16.1. The Morgan fingerprint density at radius 3 is 2.32 bits per heavy atom. The molecule has 0 amide bonds.